The molecule has 4 aliphatic rings. The third-order valence-electron chi connectivity index (χ3n) is 8.56. The van der Waals surface area contributed by atoms with E-state index in [0.717, 1.165) is 27.8 Å². The Bertz CT molecular complexity index is 1700. The number of nitrogens with one attached hydrogen (secondary N) is 1. The number of hydrogen-bond donors (Lipinski definition) is 2. The van der Waals surface area contributed by atoms with Crippen molar-refractivity contribution < 1.29 is 19.5 Å². The average molecular weight is 528 g/mol. The van der Waals surface area contributed by atoms with Crippen molar-refractivity contribution in [3.05, 3.63) is 130 Å². The van der Waals surface area contributed by atoms with Crippen LogP contribution in [-0.4, -0.2) is 29.0 Å². The first kappa shape index (κ1) is 24.0. The molecule has 2 bridgehead atoms. The summed E-state index contributed by atoms with van der Waals surface area (Å²) in [7, 11) is 0. The third kappa shape index (κ3) is 3.18. The predicted octanol–water partition coefficient (Wildman–Crippen LogP) is 4.67. The summed E-state index contributed by atoms with van der Waals surface area (Å²) in [4.78, 5) is 42.7. The van der Waals surface area contributed by atoms with Crippen LogP contribution in [0.1, 0.15) is 44.1 Å². The highest BCUT2D eigenvalue weighted by Crippen LogP contribution is 2.63. The van der Waals surface area contributed by atoms with E-state index < -0.39 is 23.2 Å². The number of benzene rings is 4. The highest BCUT2D eigenvalue weighted by molar-refractivity contribution is 6.25. The molecule has 4 aromatic rings. The third-order valence-corrected chi connectivity index (χ3v) is 8.56. The van der Waals surface area contributed by atoms with Gasteiger partial charge in [-0.25, -0.2) is 10.3 Å². The Morgan fingerprint density at radius 3 is 2.10 bits per heavy atom. The van der Waals surface area contributed by atoms with Gasteiger partial charge in [-0.05, 0) is 53.4 Å². The quantitative estimate of drug-likeness (QED) is 0.229. The number of aryl methyl sites for hydroxylation is 1. The molecule has 7 nitrogen and oxygen atoms in total. The fourth-order valence-electron chi connectivity index (χ4n) is 6.92. The lowest BCUT2D eigenvalue weighted by Gasteiger charge is -2.52. The van der Waals surface area contributed by atoms with Crippen LogP contribution in [0, 0.1) is 18.8 Å². The fraction of sp³-hybridized carbons (Fsp3) is 0.152. The van der Waals surface area contributed by atoms with Crippen molar-refractivity contribution in [1.82, 2.24) is 5.43 Å². The van der Waals surface area contributed by atoms with Gasteiger partial charge in [0.15, 0.2) is 0 Å². The van der Waals surface area contributed by atoms with Crippen molar-refractivity contribution >= 4 is 29.6 Å². The Balaban J connectivity index is 1.41. The second-order valence-electron chi connectivity index (χ2n) is 10.6. The van der Waals surface area contributed by atoms with Gasteiger partial charge in [0.05, 0.1) is 28.5 Å². The minimum absolute atomic E-state index is 0.0841. The van der Waals surface area contributed by atoms with Crippen LogP contribution in [0.25, 0.3) is 0 Å². The van der Waals surface area contributed by atoms with Gasteiger partial charge in [-0.2, -0.15) is 5.10 Å². The van der Waals surface area contributed by atoms with E-state index in [-0.39, 0.29) is 29.0 Å². The Kier molecular flexibility index (Phi) is 5.25. The molecule has 196 valence electrons. The molecule has 2 unspecified atom stereocenters. The number of phenolic OH excluding ortho intramolecular Hbond substituents is 1. The van der Waals surface area contributed by atoms with Gasteiger partial charge in [0.1, 0.15) is 5.75 Å². The lowest BCUT2D eigenvalue weighted by Crippen LogP contribution is -2.54. The number of para-hydroxylation sites is 1. The van der Waals surface area contributed by atoms with E-state index in [2.05, 4.69) is 10.5 Å². The van der Waals surface area contributed by atoms with Crippen LogP contribution in [0.3, 0.4) is 0 Å². The first-order chi connectivity index (χ1) is 19.4. The van der Waals surface area contributed by atoms with Gasteiger partial charge in [0.2, 0.25) is 11.8 Å². The maximum Gasteiger partial charge on any atom is 0.275 e. The minimum Gasteiger partial charge on any atom is -0.507 e. The molecule has 4 aromatic carbocycles. The van der Waals surface area contributed by atoms with Crippen LogP contribution in [0.15, 0.2) is 102 Å². The molecular weight excluding hydrogens is 502 g/mol. The molecule has 2 atom stereocenters. The van der Waals surface area contributed by atoms with E-state index >= 15 is 0 Å². The summed E-state index contributed by atoms with van der Waals surface area (Å²) in [6, 6.07) is 29.3. The zero-order valence-electron chi connectivity index (χ0n) is 21.6. The Morgan fingerprint density at radius 2 is 1.45 bits per heavy atom. The van der Waals surface area contributed by atoms with Crippen LogP contribution in [0.2, 0.25) is 0 Å². The summed E-state index contributed by atoms with van der Waals surface area (Å²) in [5.74, 6) is -2.91. The number of carbonyl (C=O) groups is 3. The van der Waals surface area contributed by atoms with Gasteiger partial charge in [0, 0.05) is 12.1 Å². The van der Waals surface area contributed by atoms with E-state index in [1.54, 1.807) is 30.5 Å². The number of nitrogens with zero attached hydrogens (tertiary/aromatic N) is 2. The van der Waals surface area contributed by atoms with Gasteiger partial charge < -0.3 is 5.11 Å². The number of hydrogen-bond acceptors (Lipinski definition) is 5. The predicted molar refractivity (Wildman–Crippen MR) is 150 cm³/mol. The van der Waals surface area contributed by atoms with Crippen molar-refractivity contribution in [3.8, 4) is 5.75 Å². The van der Waals surface area contributed by atoms with E-state index in [4.69, 9.17) is 0 Å². The van der Waals surface area contributed by atoms with Crippen molar-refractivity contribution in [2.24, 2.45) is 16.9 Å². The molecule has 0 radical (unpaired) electrons. The fourth-order valence-corrected chi connectivity index (χ4v) is 6.92. The normalized spacial score (nSPS) is 24.1. The first-order valence-electron chi connectivity index (χ1n) is 13.2. The van der Waals surface area contributed by atoms with Crippen molar-refractivity contribution in [3.63, 3.8) is 0 Å². The summed E-state index contributed by atoms with van der Waals surface area (Å²) in [6.45, 7) is 1.96. The molecule has 1 aliphatic heterocycles. The first-order valence-corrected chi connectivity index (χ1v) is 13.2. The topological polar surface area (TPSA) is 99.1 Å². The van der Waals surface area contributed by atoms with E-state index in [1.165, 1.54) is 17.0 Å². The zero-order valence-corrected chi connectivity index (χ0v) is 21.6. The minimum atomic E-state index is -1.09. The largest absolute Gasteiger partial charge is 0.507 e. The molecular formula is C33H25N3O4. The highest BCUT2D eigenvalue weighted by Gasteiger charge is 2.68. The van der Waals surface area contributed by atoms with Crippen molar-refractivity contribution in [2.45, 2.75) is 18.3 Å². The molecule has 1 fully saturated rings. The van der Waals surface area contributed by atoms with Gasteiger partial charge in [-0.15, -0.1) is 0 Å². The summed E-state index contributed by atoms with van der Waals surface area (Å²) in [6.07, 6.45) is 1.61. The van der Waals surface area contributed by atoms with Gasteiger partial charge >= 0.3 is 0 Å². The van der Waals surface area contributed by atoms with Crippen LogP contribution < -0.4 is 10.3 Å². The molecule has 3 amide bonds. The second-order valence-corrected chi connectivity index (χ2v) is 10.6. The number of hydrazone groups is 1. The molecule has 2 N–H and O–H groups in total. The smallest absolute Gasteiger partial charge is 0.275 e. The van der Waals surface area contributed by atoms with Crippen LogP contribution in [-0.2, 0) is 15.0 Å². The molecule has 8 rings (SSSR count). The van der Waals surface area contributed by atoms with Gasteiger partial charge in [0.25, 0.3) is 5.91 Å². The summed E-state index contributed by atoms with van der Waals surface area (Å²) in [5, 5.41) is 14.5. The van der Waals surface area contributed by atoms with Gasteiger partial charge in [-0.3, -0.25) is 14.4 Å². The maximum absolute atomic E-state index is 14.3. The number of amides is 3. The molecule has 7 heteroatoms. The van der Waals surface area contributed by atoms with E-state index in [1.807, 2.05) is 67.6 Å². The number of aromatic hydroxyl groups is 1. The van der Waals surface area contributed by atoms with Crippen LogP contribution >= 0.6 is 0 Å². The molecule has 1 saturated heterocycles. The molecule has 0 saturated carbocycles. The average Bonchev–Trinajstić information content (AvgIpc) is 3.24. The summed E-state index contributed by atoms with van der Waals surface area (Å²) >= 11 is 0. The summed E-state index contributed by atoms with van der Waals surface area (Å²) < 4.78 is 0. The number of rotatable bonds is 4. The Morgan fingerprint density at radius 1 is 0.850 bits per heavy atom. The second kappa shape index (κ2) is 8.74. The number of anilines is 1. The Hall–Kier alpha value is -5.04. The van der Waals surface area contributed by atoms with Gasteiger partial charge in [-0.1, -0.05) is 78.4 Å². The lowest BCUT2D eigenvalue weighted by atomic mass is 9.47. The zero-order chi connectivity index (χ0) is 27.6. The van der Waals surface area contributed by atoms with Crippen LogP contribution in [0.4, 0.5) is 5.69 Å². The number of imide groups is 1. The van der Waals surface area contributed by atoms with Crippen molar-refractivity contribution in [1.29, 1.82) is 0 Å². The summed E-state index contributed by atoms with van der Waals surface area (Å²) in [5.41, 5.74) is 6.86. The molecule has 1 heterocycles. The monoisotopic (exact) mass is 527 g/mol. The maximum atomic E-state index is 14.3. The SMILES string of the molecule is Cc1ccc(N2C(=O)C3C4c5ccccc5C(C=NNC(=O)c5ccccc5O)(c5ccccc54)C3C2=O)cc1. The molecule has 40 heavy (non-hydrogen) atoms. The number of carbonyl (C=O) groups excluding carboxylic acids is 3. The van der Waals surface area contributed by atoms with E-state index in [0.29, 0.717) is 5.69 Å². The van der Waals surface area contributed by atoms with Crippen molar-refractivity contribution in [2.75, 3.05) is 4.90 Å². The molecule has 0 aromatic heterocycles. The standard InChI is InChI=1S/C33H25N3O4/c1-19-14-16-20(17-15-19)36-31(39)28-27-21-8-2-5-11-24(21)33(29(28)32(36)40,25-12-6-3-9-22(25)27)18-34-35-30(38)23-10-4-7-13-26(23)37/h2-18,27-29,37H,1H3,(H,35,38). The lowest BCUT2D eigenvalue weighted by molar-refractivity contribution is -0.122. The van der Waals surface area contributed by atoms with Crippen LogP contribution in [0.5, 0.6) is 5.75 Å². The molecule has 3 aliphatic carbocycles. The Labute approximate surface area is 230 Å². The van der Waals surface area contributed by atoms with E-state index in [9.17, 15) is 19.5 Å². The molecule has 0 spiro atoms. The number of phenols is 1. The highest BCUT2D eigenvalue weighted by atomic mass is 16.3.